The summed E-state index contributed by atoms with van der Waals surface area (Å²) in [6, 6.07) is 16.2. The first-order valence-electron chi connectivity index (χ1n) is 11.7. The van der Waals surface area contributed by atoms with Crippen molar-refractivity contribution in [2.45, 2.75) is 52.5 Å². The number of nitrogens with one attached hydrogen (secondary N) is 1. The van der Waals surface area contributed by atoms with E-state index in [1.807, 2.05) is 31.2 Å². The number of fused-ring (bicyclic) bond motifs is 3. The second-order valence-corrected chi connectivity index (χ2v) is 9.51. The molecule has 2 aromatic rings. The maximum Gasteiger partial charge on any atom is 0.407 e. The zero-order valence-electron chi connectivity index (χ0n) is 20.6. The molecule has 0 aliphatic heterocycles. The summed E-state index contributed by atoms with van der Waals surface area (Å²) in [4.78, 5) is 39.0. The van der Waals surface area contributed by atoms with Gasteiger partial charge in [0, 0.05) is 19.0 Å². The second kappa shape index (κ2) is 9.87. The molecule has 0 saturated heterocycles. The number of amides is 2. The van der Waals surface area contributed by atoms with Crippen LogP contribution in [0.4, 0.5) is 4.79 Å². The van der Waals surface area contributed by atoms with E-state index in [1.165, 1.54) is 18.7 Å². The molecule has 34 heavy (non-hydrogen) atoms. The van der Waals surface area contributed by atoms with Crippen LogP contribution < -0.4 is 5.32 Å². The average molecular weight is 467 g/mol. The van der Waals surface area contributed by atoms with E-state index in [1.54, 1.807) is 13.8 Å². The number of ether oxygens (including phenoxy) is 1. The molecule has 0 heterocycles. The highest BCUT2D eigenvalue weighted by molar-refractivity contribution is 5.90. The monoisotopic (exact) mass is 466 g/mol. The van der Waals surface area contributed by atoms with E-state index >= 15 is 0 Å². The van der Waals surface area contributed by atoms with E-state index in [2.05, 4.69) is 29.6 Å². The Balaban J connectivity index is 1.66. The summed E-state index contributed by atoms with van der Waals surface area (Å²) in [7, 11) is 0. The van der Waals surface area contributed by atoms with Crippen molar-refractivity contribution in [2.75, 3.05) is 19.7 Å². The summed E-state index contributed by atoms with van der Waals surface area (Å²) in [5.41, 5.74) is 2.23. The molecule has 182 valence electrons. The number of carboxylic acids is 1. The number of aliphatic carboxylic acids is 1. The Kier molecular flexibility index (Phi) is 7.34. The molecule has 2 N–H and O–H groups in total. The lowest BCUT2D eigenvalue weighted by Gasteiger charge is -2.40. The number of likely N-dealkylation sites (N-methyl/N-ethyl adjacent to an activating group) is 1. The molecular weight excluding hydrogens is 432 g/mol. The van der Waals surface area contributed by atoms with Gasteiger partial charge in [0.05, 0.1) is 5.41 Å². The third kappa shape index (κ3) is 4.65. The topological polar surface area (TPSA) is 95.9 Å². The quantitative estimate of drug-likeness (QED) is 0.561. The van der Waals surface area contributed by atoms with E-state index in [-0.39, 0.29) is 31.5 Å². The predicted molar refractivity (Wildman–Crippen MR) is 131 cm³/mol. The number of carbonyl (C=O) groups is 3. The van der Waals surface area contributed by atoms with Crippen LogP contribution in [0.1, 0.15) is 58.1 Å². The molecule has 7 heteroatoms. The molecule has 2 aromatic carbocycles. The van der Waals surface area contributed by atoms with Gasteiger partial charge in [0.15, 0.2) is 0 Å². The fourth-order valence-electron chi connectivity index (χ4n) is 4.50. The highest BCUT2D eigenvalue weighted by atomic mass is 16.5. The Labute approximate surface area is 201 Å². The van der Waals surface area contributed by atoms with Gasteiger partial charge < -0.3 is 20.1 Å². The third-order valence-electron chi connectivity index (χ3n) is 7.02. The van der Waals surface area contributed by atoms with Gasteiger partial charge in [-0.1, -0.05) is 55.5 Å². The number of hydrogen-bond donors (Lipinski definition) is 2. The van der Waals surface area contributed by atoms with Crippen LogP contribution in [0.25, 0.3) is 11.1 Å². The summed E-state index contributed by atoms with van der Waals surface area (Å²) in [5, 5.41) is 12.3. The molecule has 0 spiro atoms. The van der Waals surface area contributed by atoms with Crippen molar-refractivity contribution in [1.82, 2.24) is 10.2 Å². The lowest BCUT2D eigenvalue weighted by atomic mass is 9.84. The van der Waals surface area contributed by atoms with Crippen molar-refractivity contribution >= 4 is 18.0 Å². The van der Waals surface area contributed by atoms with Crippen LogP contribution in [-0.4, -0.2) is 53.2 Å². The van der Waals surface area contributed by atoms with Crippen LogP contribution in [0.5, 0.6) is 0 Å². The van der Waals surface area contributed by atoms with Gasteiger partial charge in [-0.05, 0) is 56.4 Å². The van der Waals surface area contributed by atoms with Crippen molar-refractivity contribution in [2.24, 2.45) is 5.41 Å². The van der Waals surface area contributed by atoms with Crippen molar-refractivity contribution in [3.05, 3.63) is 59.7 Å². The second-order valence-electron chi connectivity index (χ2n) is 9.51. The Morgan fingerprint density at radius 3 is 1.97 bits per heavy atom. The van der Waals surface area contributed by atoms with Crippen molar-refractivity contribution in [1.29, 1.82) is 0 Å². The van der Waals surface area contributed by atoms with Crippen LogP contribution in [0.3, 0.4) is 0 Å². The van der Waals surface area contributed by atoms with Gasteiger partial charge in [-0.3, -0.25) is 4.79 Å². The average Bonchev–Trinajstić information content (AvgIpc) is 3.15. The summed E-state index contributed by atoms with van der Waals surface area (Å²) in [5.74, 6) is -1.45. The summed E-state index contributed by atoms with van der Waals surface area (Å²) >= 11 is 0. The number of nitrogens with zero attached hydrogens (tertiary/aromatic N) is 1. The van der Waals surface area contributed by atoms with Crippen LogP contribution in [-0.2, 0) is 14.3 Å². The summed E-state index contributed by atoms with van der Waals surface area (Å²) in [6.45, 7) is 8.82. The standard InChI is InChI=1S/C27H34N2O5/c1-6-27(5,23(30)29(7-2)26(3,4)24(31)32)17-28-25(33)34-16-22-20-14-10-8-12-18(20)19-13-9-11-15-21(19)22/h8-15,22H,6-7,16-17H2,1-5H3,(H,28,33)(H,31,32). The lowest BCUT2D eigenvalue weighted by Crippen LogP contribution is -2.58. The minimum atomic E-state index is -1.36. The van der Waals surface area contributed by atoms with Crippen molar-refractivity contribution in [3.63, 3.8) is 0 Å². The van der Waals surface area contributed by atoms with Gasteiger partial charge in [0.25, 0.3) is 0 Å². The fraction of sp³-hybridized carbons (Fsp3) is 0.444. The molecule has 1 unspecified atom stereocenters. The Morgan fingerprint density at radius 1 is 0.971 bits per heavy atom. The van der Waals surface area contributed by atoms with E-state index in [0.29, 0.717) is 6.42 Å². The van der Waals surface area contributed by atoms with E-state index in [9.17, 15) is 19.5 Å². The van der Waals surface area contributed by atoms with Crippen LogP contribution >= 0.6 is 0 Å². The number of carboxylic acid groups (broad SMARTS) is 1. The molecule has 1 aliphatic rings. The highest BCUT2D eigenvalue weighted by Crippen LogP contribution is 2.44. The Morgan fingerprint density at radius 2 is 1.50 bits per heavy atom. The minimum absolute atomic E-state index is 0.0468. The van der Waals surface area contributed by atoms with Crippen LogP contribution in [0.15, 0.2) is 48.5 Å². The highest BCUT2D eigenvalue weighted by Gasteiger charge is 2.44. The Hall–Kier alpha value is -3.35. The number of carbonyl (C=O) groups excluding carboxylic acids is 2. The molecule has 1 atom stereocenters. The maximum atomic E-state index is 13.3. The van der Waals surface area contributed by atoms with Crippen LogP contribution in [0, 0.1) is 5.41 Å². The summed E-state index contributed by atoms with van der Waals surface area (Å²) < 4.78 is 5.58. The minimum Gasteiger partial charge on any atom is -0.480 e. The number of hydrogen-bond acceptors (Lipinski definition) is 4. The Bertz CT molecular complexity index is 1030. The van der Waals surface area contributed by atoms with E-state index in [4.69, 9.17) is 4.74 Å². The number of benzene rings is 2. The molecule has 0 radical (unpaired) electrons. The molecule has 7 nitrogen and oxygen atoms in total. The lowest BCUT2D eigenvalue weighted by molar-refractivity contribution is -0.161. The molecule has 0 fully saturated rings. The number of alkyl carbamates (subject to hydrolysis) is 1. The van der Waals surface area contributed by atoms with E-state index < -0.39 is 23.0 Å². The first-order chi connectivity index (χ1) is 16.1. The molecular formula is C27H34N2O5. The van der Waals surface area contributed by atoms with Gasteiger partial charge in [-0.25, -0.2) is 9.59 Å². The largest absolute Gasteiger partial charge is 0.480 e. The molecule has 2 amide bonds. The third-order valence-corrected chi connectivity index (χ3v) is 7.02. The SMILES string of the molecule is CCN(C(=O)C(C)(CC)CNC(=O)OCC1c2ccccc2-c2ccccc21)C(C)(C)C(=O)O. The number of rotatable bonds is 9. The van der Waals surface area contributed by atoms with Gasteiger partial charge in [-0.2, -0.15) is 0 Å². The molecule has 0 saturated carbocycles. The smallest absolute Gasteiger partial charge is 0.407 e. The maximum absolute atomic E-state index is 13.3. The first-order valence-corrected chi connectivity index (χ1v) is 11.7. The van der Waals surface area contributed by atoms with Gasteiger partial charge in [0.1, 0.15) is 12.1 Å². The fourth-order valence-corrected chi connectivity index (χ4v) is 4.50. The van der Waals surface area contributed by atoms with E-state index in [0.717, 1.165) is 22.3 Å². The van der Waals surface area contributed by atoms with Crippen LogP contribution in [0.2, 0.25) is 0 Å². The first kappa shape index (κ1) is 25.3. The molecule has 0 bridgehead atoms. The van der Waals surface area contributed by atoms with Crippen molar-refractivity contribution in [3.8, 4) is 11.1 Å². The molecule has 0 aromatic heterocycles. The molecule has 3 rings (SSSR count). The zero-order valence-corrected chi connectivity index (χ0v) is 20.6. The predicted octanol–water partition coefficient (Wildman–Crippen LogP) is 4.65. The zero-order chi connectivity index (χ0) is 25.1. The molecule has 1 aliphatic carbocycles. The van der Waals surface area contributed by atoms with Gasteiger partial charge >= 0.3 is 12.1 Å². The van der Waals surface area contributed by atoms with Gasteiger partial charge in [0.2, 0.25) is 5.91 Å². The van der Waals surface area contributed by atoms with Gasteiger partial charge in [-0.15, -0.1) is 0 Å². The van der Waals surface area contributed by atoms with Crippen molar-refractivity contribution < 1.29 is 24.2 Å². The normalized spacial score (nSPS) is 14.5. The summed E-state index contributed by atoms with van der Waals surface area (Å²) in [6.07, 6.45) is -0.170.